The number of hydrogen-bond donors (Lipinski definition) is 2. The van der Waals surface area contributed by atoms with Gasteiger partial charge in [-0.1, -0.05) is 24.6 Å². The van der Waals surface area contributed by atoms with Crippen molar-refractivity contribution in [1.82, 2.24) is 5.32 Å². The van der Waals surface area contributed by atoms with Crippen molar-refractivity contribution in [3.05, 3.63) is 53.1 Å². The summed E-state index contributed by atoms with van der Waals surface area (Å²) in [7, 11) is 0. The summed E-state index contributed by atoms with van der Waals surface area (Å²) in [6.07, 6.45) is 3.22. The monoisotopic (exact) mass is 417 g/mol. The quantitative estimate of drug-likeness (QED) is 0.657. The van der Waals surface area contributed by atoms with Gasteiger partial charge < -0.3 is 15.0 Å². The summed E-state index contributed by atoms with van der Waals surface area (Å²) in [5, 5.41) is 6.75. The van der Waals surface area contributed by atoms with Gasteiger partial charge in [0.2, 0.25) is 0 Å². The number of benzene rings is 2. The molecule has 5 nitrogen and oxygen atoms in total. The highest BCUT2D eigenvalue weighted by atomic mass is 35.5. The number of carbonyl (C=O) groups is 1. The molecule has 3 rings (SSSR count). The fourth-order valence-corrected chi connectivity index (χ4v) is 3.63. The topological polar surface area (TPSA) is 53.6 Å². The lowest BCUT2D eigenvalue weighted by Gasteiger charge is -2.23. The van der Waals surface area contributed by atoms with Crippen LogP contribution >= 0.6 is 23.8 Å². The molecule has 1 saturated heterocycles. The number of nitrogens with one attached hydrogen (secondary N) is 2. The van der Waals surface area contributed by atoms with E-state index < -0.39 is 0 Å². The first-order valence-electron chi connectivity index (χ1n) is 9.47. The van der Waals surface area contributed by atoms with Crippen LogP contribution in [0.1, 0.15) is 36.5 Å². The van der Waals surface area contributed by atoms with E-state index in [0.29, 0.717) is 17.2 Å². The van der Waals surface area contributed by atoms with Gasteiger partial charge in [-0.25, -0.2) is 0 Å². The van der Waals surface area contributed by atoms with Crippen molar-refractivity contribution in [2.45, 2.75) is 26.2 Å². The number of hydrogen-bond acceptors (Lipinski definition) is 4. The van der Waals surface area contributed by atoms with E-state index in [-0.39, 0.29) is 11.0 Å². The zero-order valence-electron chi connectivity index (χ0n) is 15.8. The van der Waals surface area contributed by atoms with Gasteiger partial charge in [0.05, 0.1) is 23.0 Å². The summed E-state index contributed by atoms with van der Waals surface area (Å²) in [5.74, 6) is 0.470. The Hall–Kier alpha value is -2.31. The number of halogens is 1. The molecule has 7 heteroatoms. The third-order valence-electron chi connectivity index (χ3n) is 4.47. The van der Waals surface area contributed by atoms with Crippen LogP contribution in [0.15, 0.2) is 42.5 Å². The molecule has 2 N–H and O–H groups in total. The van der Waals surface area contributed by atoms with Crippen molar-refractivity contribution in [2.75, 3.05) is 29.9 Å². The number of anilines is 2. The largest absolute Gasteiger partial charge is 0.494 e. The zero-order valence-corrected chi connectivity index (χ0v) is 17.4. The minimum atomic E-state index is -0.274. The number of rotatable bonds is 6. The fourth-order valence-electron chi connectivity index (χ4n) is 3.13. The van der Waals surface area contributed by atoms with Gasteiger partial charge in [-0.2, -0.15) is 0 Å². The SMILES string of the molecule is CCCOc1ccc(C(=O)NC(=S)Nc2cccc(Cl)c2N2CCCC2)cc1. The number of para-hydroxylation sites is 1. The van der Waals surface area contributed by atoms with E-state index in [1.54, 1.807) is 24.3 Å². The van der Waals surface area contributed by atoms with Crippen molar-refractivity contribution in [3.8, 4) is 5.75 Å². The molecule has 1 amide bonds. The van der Waals surface area contributed by atoms with E-state index >= 15 is 0 Å². The Morgan fingerprint density at radius 2 is 1.89 bits per heavy atom. The second kappa shape index (κ2) is 9.75. The minimum absolute atomic E-state index is 0.235. The van der Waals surface area contributed by atoms with Crippen molar-refractivity contribution in [2.24, 2.45) is 0 Å². The lowest BCUT2D eigenvalue weighted by molar-refractivity contribution is 0.0977. The Morgan fingerprint density at radius 1 is 1.18 bits per heavy atom. The van der Waals surface area contributed by atoms with Crippen molar-refractivity contribution in [1.29, 1.82) is 0 Å². The van der Waals surface area contributed by atoms with Gasteiger partial charge in [-0.3, -0.25) is 10.1 Å². The first-order chi connectivity index (χ1) is 13.6. The molecule has 0 unspecified atom stereocenters. The van der Waals surface area contributed by atoms with Gasteiger partial charge in [0.25, 0.3) is 5.91 Å². The molecule has 0 saturated carbocycles. The molecule has 0 atom stereocenters. The second-order valence-electron chi connectivity index (χ2n) is 6.61. The Bertz CT molecular complexity index is 836. The van der Waals surface area contributed by atoms with Crippen LogP contribution in [0.25, 0.3) is 0 Å². The molecular formula is C21H24ClN3O2S. The summed E-state index contributed by atoms with van der Waals surface area (Å²) in [6.45, 7) is 4.62. The first kappa shape index (κ1) is 20.4. The average molecular weight is 418 g/mol. The van der Waals surface area contributed by atoms with Gasteiger partial charge in [0, 0.05) is 18.7 Å². The second-order valence-corrected chi connectivity index (χ2v) is 7.43. The maximum Gasteiger partial charge on any atom is 0.257 e. The Kier molecular flexibility index (Phi) is 7.12. The maximum absolute atomic E-state index is 12.5. The predicted molar refractivity (Wildman–Crippen MR) is 119 cm³/mol. The van der Waals surface area contributed by atoms with E-state index in [1.165, 1.54) is 0 Å². The number of thiocarbonyl (C=S) groups is 1. The number of carbonyl (C=O) groups excluding carboxylic acids is 1. The number of nitrogens with zero attached hydrogens (tertiary/aromatic N) is 1. The van der Waals surface area contributed by atoms with Gasteiger partial charge in [-0.15, -0.1) is 0 Å². The highest BCUT2D eigenvalue weighted by molar-refractivity contribution is 7.80. The van der Waals surface area contributed by atoms with Gasteiger partial charge in [-0.05, 0) is 67.9 Å². The summed E-state index contributed by atoms with van der Waals surface area (Å²) in [5.41, 5.74) is 2.23. The summed E-state index contributed by atoms with van der Waals surface area (Å²) < 4.78 is 5.54. The van der Waals surface area contributed by atoms with Crippen LogP contribution in [-0.4, -0.2) is 30.7 Å². The van der Waals surface area contributed by atoms with Crippen LogP contribution in [0.4, 0.5) is 11.4 Å². The Morgan fingerprint density at radius 3 is 2.57 bits per heavy atom. The van der Waals surface area contributed by atoms with Crippen LogP contribution in [0.3, 0.4) is 0 Å². The predicted octanol–water partition coefficient (Wildman–Crippen LogP) is 4.86. The summed E-state index contributed by atoms with van der Waals surface area (Å²) in [6, 6.07) is 12.6. The van der Waals surface area contributed by atoms with E-state index in [4.69, 9.17) is 28.6 Å². The van der Waals surface area contributed by atoms with Crippen LogP contribution in [0.2, 0.25) is 5.02 Å². The molecule has 0 aliphatic carbocycles. The molecule has 2 aromatic rings. The lowest BCUT2D eigenvalue weighted by atomic mass is 10.2. The highest BCUT2D eigenvalue weighted by Crippen LogP contribution is 2.35. The van der Waals surface area contributed by atoms with Crippen LogP contribution < -0.4 is 20.3 Å². The van der Waals surface area contributed by atoms with E-state index in [2.05, 4.69) is 15.5 Å². The normalized spacial score (nSPS) is 13.3. The van der Waals surface area contributed by atoms with E-state index in [9.17, 15) is 4.79 Å². The molecular weight excluding hydrogens is 394 g/mol. The summed E-state index contributed by atoms with van der Waals surface area (Å²) in [4.78, 5) is 14.7. The zero-order chi connectivity index (χ0) is 19.9. The van der Waals surface area contributed by atoms with Gasteiger partial charge in [0.15, 0.2) is 5.11 Å². The maximum atomic E-state index is 12.5. The number of ether oxygens (including phenoxy) is 1. The molecule has 0 spiro atoms. The third-order valence-corrected chi connectivity index (χ3v) is 4.98. The molecule has 1 fully saturated rings. The van der Waals surface area contributed by atoms with Crippen molar-refractivity contribution < 1.29 is 9.53 Å². The molecule has 1 heterocycles. The molecule has 1 aliphatic rings. The molecule has 0 aromatic heterocycles. The Balaban J connectivity index is 1.64. The van der Waals surface area contributed by atoms with E-state index in [0.717, 1.165) is 49.5 Å². The third kappa shape index (κ3) is 5.14. The highest BCUT2D eigenvalue weighted by Gasteiger charge is 2.19. The smallest absolute Gasteiger partial charge is 0.257 e. The fraction of sp³-hybridized carbons (Fsp3) is 0.333. The molecule has 2 aromatic carbocycles. The Labute approximate surface area is 176 Å². The standard InChI is InChI=1S/C21H24ClN3O2S/c1-2-14-27-16-10-8-15(9-11-16)20(26)24-21(28)23-18-7-5-6-17(22)19(18)25-12-3-4-13-25/h5-11H,2-4,12-14H2,1H3,(H2,23,24,26,28). The summed E-state index contributed by atoms with van der Waals surface area (Å²) >= 11 is 11.8. The number of amides is 1. The molecule has 148 valence electrons. The minimum Gasteiger partial charge on any atom is -0.494 e. The van der Waals surface area contributed by atoms with Crippen LogP contribution in [0, 0.1) is 0 Å². The van der Waals surface area contributed by atoms with Crippen molar-refractivity contribution >= 4 is 46.2 Å². The van der Waals surface area contributed by atoms with Crippen molar-refractivity contribution in [3.63, 3.8) is 0 Å². The molecule has 0 radical (unpaired) electrons. The molecule has 1 aliphatic heterocycles. The molecule has 0 bridgehead atoms. The van der Waals surface area contributed by atoms with E-state index in [1.807, 2.05) is 25.1 Å². The average Bonchev–Trinajstić information content (AvgIpc) is 3.21. The lowest BCUT2D eigenvalue weighted by Crippen LogP contribution is -2.34. The van der Waals surface area contributed by atoms with Gasteiger partial charge in [0.1, 0.15) is 5.75 Å². The van der Waals surface area contributed by atoms with Gasteiger partial charge >= 0.3 is 0 Å². The van der Waals surface area contributed by atoms with Crippen LogP contribution in [0.5, 0.6) is 5.75 Å². The van der Waals surface area contributed by atoms with Crippen LogP contribution in [-0.2, 0) is 0 Å². The first-order valence-corrected chi connectivity index (χ1v) is 10.3. The molecule has 28 heavy (non-hydrogen) atoms.